The lowest BCUT2D eigenvalue weighted by Crippen LogP contribution is -2.09. The number of aliphatic carboxylic acids is 4. The monoisotopic (exact) mass is 197 g/mol. The maximum atomic E-state index is 9.10. The van der Waals surface area contributed by atoms with Gasteiger partial charge in [0.15, 0.2) is 0 Å². The minimum atomic E-state index is -1.82. The van der Waals surface area contributed by atoms with Crippen molar-refractivity contribution in [3.63, 3.8) is 0 Å². The molecule has 0 saturated carbocycles. The van der Waals surface area contributed by atoms with E-state index in [-0.39, 0.29) is 6.15 Å². The van der Waals surface area contributed by atoms with Crippen molar-refractivity contribution in [2.24, 2.45) is 0 Å². The van der Waals surface area contributed by atoms with Crippen molar-refractivity contribution in [3.05, 3.63) is 0 Å². The van der Waals surface area contributed by atoms with Crippen LogP contribution in [0.4, 0.5) is 0 Å². The zero-order valence-corrected chi connectivity index (χ0v) is 6.13. The molecule has 7 N–H and O–H groups in total. The molecule has 9 heteroatoms. The van der Waals surface area contributed by atoms with Crippen LogP contribution in [0, 0.1) is 0 Å². The Morgan fingerprint density at radius 1 is 0.538 bits per heavy atom. The van der Waals surface area contributed by atoms with Crippen LogP contribution in [0.5, 0.6) is 0 Å². The molecule has 0 aromatic heterocycles. The highest BCUT2D eigenvalue weighted by Gasteiger charge is 2.04. The summed E-state index contributed by atoms with van der Waals surface area (Å²) in [5.74, 6) is -7.30. The van der Waals surface area contributed by atoms with Crippen LogP contribution < -0.4 is 6.15 Å². The fourth-order valence-corrected chi connectivity index (χ4v) is 0. The van der Waals surface area contributed by atoms with Crippen molar-refractivity contribution >= 4 is 23.9 Å². The SMILES string of the molecule is N.O=C(O)C(=O)O.O=C(O)C(=O)O. The molecule has 0 amide bonds. The smallest absolute Gasteiger partial charge is 0.414 e. The van der Waals surface area contributed by atoms with Crippen LogP contribution >= 0.6 is 0 Å². The van der Waals surface area contributed by atoms with Crippen molar-refractivity contribution in [1.82, 2.24) is 6.15 Å². The van der Waals surface area contributed by atoms with Gasteiger partial charge in [0.05, 0.1) is 0 Å². The minimum absolute atomic E-state index is 0. The average molecular weight is 197 g/mol. The summed E-state index contributed by atoms with van der Waals surface area (Å²) in [5, 5.41) is 29.6. The Balaban J connectivity index is -0.000000143. The van der Waals surface area contributed by atoms with Gasteiger partial charge in [-0.3, -0.25) is 0 Å². The third-order valence-corrected chi connectivity index (χ3v) is 0.366. The van der Waals surface area contributed by atoms with Crippen LogP contribution in [0.1, 0.15) is 0 Å². The maximum Gasteiger partial charge on any atom is 0.414 e. The number of rotatable bonds is 0. The van der Waals surface area contributed by atoms with Gasteiger partial charge in [0, 0.05) is 0 Å². The van der Waals surface area contributed by atoms with Gasteiger partial charge in [-0.1, -0.05) is 0 Å². The molecule has 0 saturated heterocycles. The van der Waals surface area contributed by atoms with Crippen molar-refractivity contribution in [2.75, 3.05) is 0 Å². The van der Waals surface area contributed by atoms with E-state index < -0.39 is 23.9 Å². The van der Waals surface area contributed by atoms with Gasteiger partial charge in [-0.2, -0.15) is 0 Å². The Hall–Kier alpha value is -2.16. The van der Waals surface area contributed by atoms with E-state index in [0.717, 1.165) is 0 Å². The number of hydrogen-bond acceptors (Lipinski definition) is 5. The van der Waals surface area contributed by atoms with Crippen molar-refractivity contribution in [2.45, 2.75) is 0 Å². The first-order valence-electron chi connectivity index (χ1n) is 2.21. The molecule has 76 valence electrons. The van der Waals surface area contributed by atoms with E-state index in [0.29, 0.717) is 0 Å². The summed E-state index contributed by atoms with van der Waals surface area (Å²) in [6.45, 7) is 0. The molecule has 13 heavy (non-hydrogen) atoms. The van der Waals surface area contributed by atoms with Crippen molar-refractivity contribution < 1.29 is 39.6 Å². The number of carboxylic acid groups (broad SMARTS) is 4. The van der Waals surface area contributed by atoms with Crippen molar-refractivity contribution in [3.8, 4) is 0 Å². The summed E-state index contributed by atoms with van der Waals surface area (Å²) in [6, 6.07) is 0. The molecular formula is C4H7NO8. The lowest BCUT2D eigenvalue weighted by molar-refractivity contribution is -0.159. The molecule has 0 radical (unpaired) electrons. The number of carbonyl (C=O) groups is 4. The van der Waals surface area contributed by atoms with Crippen LogP contribution in [-0.4, -0.2) is 44.3 Å². The van der Waals surface area contributed by atoms with E-state index in [1.54, 1.807) is 0 Å². The first-order valence-corrected chi connectivity index (χ1v) is 2.21. The van der Waals surface area contributed by atoms with E-state index in [2.05, 4.69) is 0 Å². The summed E-state index contributed by atoms with van der Waals surface area (Å²) in [6.07, 6.45) is 0. The Kier molecular flexibility index (Phi) is 10.4. The fraction of sp³-hybridized carbons (Fsp3) is 0. The zero-order chi connectivity index (χ0) is 10.3. The molecule has 0 aliphatic heterocycles. The van der Waals surface area contributed by atoms with Gasteiger partial charge in [0.25, 0.3) is 0 Å². The number of carboxylic acids is 4. The quantitative estimate of drug-likeness (QED) is 0.287. The van der Waals surface area contributed by atoms with Crippen LogP contribution in [0.15, 0.2) is 0 Å². The Bertz CT molecular complexity index is 172. The summed E-state index contributed by atoms with van der Waals surface area (Å²) in [4.78, 5) is 36.4. The molecule has 0 aromatic carbocycles. The summed E-state index contributed by atoms with van der Waals surface area (Å²) >= 11 is 0. The highest BCUT2D eigenvalue weighted by molar-refractivity contribution is 6.27. The van der Waals surface area contributed by atoms with Gasteiger partial charge >= 0.3 is 23.9 Å². The summed E-state index contributed by atoms with van der Waals surface area (Å²) in [5.41, 5.74) is 0. The molecule has 9 nitrogen and oxygen atoms in total. The van der Waals surface area contributed by atoms with Gasteiger partial charge in [0.2, 0.25) is 0 Å². The van der Waals surface area contributed by atoms with E-state index in [9.17, 15) is 0 Å². The molecule has 0 aliphatic carbocycles. The van der Waals surface area contributed by atoms with Crippen LogP contribution in [0.3, 0.4) is 0 Å². The lowest BCUT2D eigenvalue weighted by atomic mass is 10.7. The normalized spacial score (nSPS) is 6.77. The van der Waals surface area contributed by atoms with E-state index in [1.807, 2.05) is 0 Å². The molecule has 0 unspecified atom stereocenters. The molecule has 0 spiro atoms. The van der Waals surface area contributed by atoms with Crippen molar-refractivity contribution in [1.29, 1.82) is 0 Å². The predicted octanol–water partition coefficient (Wildman–Crippen LogP) is -1.53. The summed E-state index contributed by atoms with van der Waals surface area (Å²) < 4.78 is 0. The predicted molar refractivity (Wildman–Crippen MR) is 35.6 cm³/mol. The molecular weight excluding hydrogens is 190 g/mol. The van der Waals surface area contributed by atoms with Gasteiger partial charge in [0.1, 0.15) is 0 Å². The van der Waals surface area contributed by atoms with Gasteiger partial charge in [-0.05, 0) is 0 Å². The second-order valence-corrected chi connectivity index (χ2v) is 1.22. The van der Waals surface area contributed by atoms with Crippen LogP contribution in [0.25, 0.3) is 0 Å². The third kappa shape index (κ3) is 17.7. The maximum absolute atomic E-state index is 9.10. The van der Waals surface area contributed by atoms with Crippen LogP contribution in [-0.2, 0) is 19.2 Å². The van der Waals surface area contributed by atoms with Gasteiger partial charge in [-0.15, -0.1) is 0 Å². The Morgan fingerprint density at radius 2 is 0.615 bits per heavy atom. The molecule has 0 fully saturated rings. The molecule has 0 bridgehead atoms. The Labute approximate surface area is 70.8 Å². The number of hydrogen-bond donors (Lipinski definition) is 5. The summed E-state index contributed by atoms with van der Waals surface area (Å²) in [7, 11) is 0. The topological polar surface area (TPSA) is 184 Å². The first kappa shape index (κ1) is 17.1. The van der Waals surface area contributed by atoms with E-state index in [4.69, 9.17) is 39.6 Å². The van der Waals surface area contributed by atoms with Gasteiger partial charge < -0.3 is 26.6 Å². The van der Waals surface area contributed by atoms with Crippen LogP contribution in [0.2, 0.25) is 0 Å². The average Bonchev–Trinajstić information content (AvgIpc) is 1.88. The second-order valence-electron chi connectivity index (χ2n) is 1.22. The second kappa shape index (κ2) is 7.94. The molecule has 0 atom stereocenters. The highest BCUT2D eigenvalue weighted by Crippen LogP contribution is 1.56. The minimum Gasteiger partial charge on any atom is -0.473 e. The fourth-order valence-electron chi connectivity index (χ4n) is 0. The molecule has 0 rings (SSSR count). The highest BCUT2D eigenvalue weighted by atomic mass is 16.4. The molecule has 0 aliphatic rings. The standard InChI is InChI=1S/2C2H2O4.H3N/c2*3-1(4)2(5)6;/h2*(H,3,4)(H,5,6);1H3. The Morgan fingerprint density at radius 3 is 0.615 bits per heavy atom. The molecule has 0 aromatic rings. The first-order chi connectivity index (χ1) is 5.29. The van der Waals surface area contributed by atoms with E-state index in [1.165, 1.54) is 0 Å². The van der Waals surface area contributed by atoms with Gasteiger partial charge in [-0.25, -0.2) is 19.2 Å². The zero-order valence-electron chi connectivity index (χ0n) is 6.13. The lowest BCUT2D eigenvalue weighted by Gasteiger charge is -1.72. The largest absolute Gasteiger partial charge is 0.473 e. The third-order valence-electron chi connectivity index (χ3n) is 0.366. The molecule has 0 heterocycles. The van der Waals surface area contributed by atoms with E-state index >= 15 is 0 Å².